The van der Waals surface area contributed by atoms with Gasteiger partial charge in [0, 0.05) is 6.04 Å². The first-order valence-electron chi connectivity index (χ1n) is 9.59. The fraction of sp³-hybridized carbons (Fsp3) is 0.900. The van der Waals surface area contributed by atoms with Crippen LogP contribution < -0.4 is 0 Å². The van der Waals surface area contributed by atoms with Crippen molar-refractivity contribution >= 4 is 0 Å². The van der Waals surface area contributed by atoms with E-state index < -0.39 is 0 Å². The molecule has 0 aliphatic heterocycles. The summed E-state index contributed by atoms with van der Waals surface area (Å²) in [5, 5.41) is 0. The van der Waals surface area contributed by atoms with Gasteiger partial charge in [0.25, 0.3) is 0 Å². The second kappa shape index (κ2) is 7.31. The molecule has 1 heteroatoms. The highest BCUT2D eigenvalue weighted by molar-refractivity contribution is 5.00. The summed E-state index contributed by atoms with van der Waals surface area (Å²) in [6.07, 6.45) is 21.5. The van der Waals surface area contributed by atoms with Crippen molar-refractivity contribution in [1.82, 2.24) is 4.90 Å². The minimum atomic E-state index is 0.840. The van der Waals surface area contributed by atoms with Gasteiger partial charge in [-0.05, 0) is 76.3 Å². The van der Waals surface area contributed by atoms with Gasteiger partial charge in [-0.25, -0.2) is 0 Å². The number of hydrogen-bond donors (Lipinski definition) is 0. The van der Waals surface area contributed by atoms with Crippen molar-refractivity contribution in [3.63, 3.8) is 0 Å². The summed E-state index contributed by atoms with van der Waals surface area (Å²) in [6, 6.07) is 0.840. The Morgan fingerprint density at radius 1 is 0.714 bits per heavy atom. The molecule has 3 atom stereocenters. The van der Waals surface area contributed by atoms with Crippen molar-refractivity contribution in [2.45, 2.75) is 76.7 Å². The molecule has 3 unspecified atom stereocenters. The summed E-state index contributed by atoms with van der Waals surface area (Å²) in [5.74, 6) is 3.93. The summed E-state index contributed by atoms with van der Waals surface area (Å²) in [6.45, 7) is 0. The van der Waals surface area contributed by atoms with Crippen LogP contribution in [0.1, 0.15) is 70.6 Å². The van der Waals surface area contributed by atoms with E-state index in [4.69, 9.17) is 0 Å². The molecule has 3 rings (SSSR count). The van der Waals surface area contributed by atoms with E-state index >= 15 is 0 Å². The fourth-order valence-corrected chi connectivity index (χ4v) is 5.34. The summed E-state index contributed by atoms with van der Waals surface area (Å²) in [7, 11) is 4.48. The van der Waals surface area contributed by atoms with E-state index in [0.717, 1.165) is 29.7 Å². The molecule has 0 radical (unpaired) electrons. The molecule has 0 aromatic rings. The van der Waals surface area contributed by atoms with Gasteiger partial charge in [0.05, 0.1) is 0 Å². The van der Waals surface area contributed by atoms with E-state index in [1.165, 1.54) is 70.6 Å². The highest BCUT2D eigenvalue weighted by Gasteiger charge is 2.33. The van der Waals surface area contributed by atoms with Crippen molar-refractivity contribution in [3.8, 4) is 0 Å². The average molecular weight is 290 g/mol. The van der Waals surface area contributed by atoms with Gasteiger partial charge in [-0.15, -0.1) is 0 Å². The molecule has 3 aliphatic carbocycles. The van der Waals surface area contributed by atoms with Crippen LogP contribution in [-0.2, 0) is 0 Å². The minimum absolute atomic E-state index is 0.840. The SMILES string of the molecule is CN(C)C1CCC(C=CC2CCCC3CCCCC23)CC1. The average Bonchev–Trinajstić information content (AvgIpc) is 2.53. The van der Waals surface area contributed by atoms with E-state index in [1.807, 2.05) is 0 Å². The molecule has 21 heavy (non-hydrogen) atoms. The predicted octanol–water partition coefficient (Wildman–Crippen LogP) is 5.27. The Hall–Kier alpha value is -0.300. The largest absolute Gasteiger partial charge is 0.306 e. The molecule has 0 aromatic heterocycles. The number of nitrogens with zero attached hydrogens (tertiary/aromatic N) is 1. The van der Waals surface area contributed by atoms with Gasteiger partial charge in [0.1, 0.15) is 0 Å². The monoisotopic (exact) mass is 289 g/mol. The van der Waals surface area contributed by atoms with Crippen LogP contribution in [-0.4, -0.2) is 25.0 Å². The molecule has 0 amide bonds. The third-order valence-electron chi connectivity index (χ3n) is 6.73. The Morgan fingerprint density at radius 2 is 1.43 bits per heavy atom. The van der Waals surface area contributed by atoms with Gasteiger partial charge in [-0.3, -0.25) is 0 Å². The lowest BCUT2D eigenvalue weighted by Gasteiger charge is -2.40. The van der Waals surface area contributed by atoms with Crippen LogP contribution >= 0.6 is 0 Å². The quantitative estimate of drug-likeness (QED) is 0.640. The number of rotatable bonds is 3. The van der Waals surface area contributed by atoms with Crippen LogP contribution in [0.4, 0.5) is 0 Å². The van der Waals surface area contributed by atoms with Gasteiger partial charge in [-0.2, -0.15) is 0 Å². The Kier molecular flexibility index (Phi) is 5.43. The van der Waals surface area contributed by atoms with E-state index in [-0.39, 0.29) is 0 Å². The first kappa shape index (κ1) is 15.6. The second-order valence-corrected chi connectivity index (χ2v) is 8.22. The standard InChI is InChI=1S/C20H35N/c1-21(2)19-14-11-16(12-15-19)10-13-18-8-5-7-17-6-3-4-9-20(17)18/h10,13,16-20H,3-9,11-12,14-15H2,1-2H3. The van der Waals surface area contributed by atoms with Gasteiger partial charge >= 0.3 is 0 Å². The van der Waals surface area contributed by atoms with Gasteiger partial charge in [-0.1, -0.05) is 44.3 Å². The van der Waals surface area contributed by atoms with E-state index in [2.05, 4.69) is 31.1 Å². The van der Waals surface area contributed by atoms with E-state index in [9.17, 15) is 0 Å². The molecule has 3 saturated carbocycles. The van der Waals surface area contributed by atoms with Crippen molar-refractivity contribution in [1.29, 1.82) is 0 Å². The third kappa shape index (κ3) is 3.92. The van der Waals surface area contributed by atoms with Crippen LogP contribution in [0.2, 0.25) is 0 Å². The molecule has 1 nitrogen and oxygen atoms in total. The first-order valence-corrected chi connectivity index (χ1v) is 9.59. The van der Waals surface area contributed by atoms with Crippen LogP contribution in [0.5, 0.6) is 0 Å². The number of hydrogen-bond acceptors (Lipinski definition) is 1. The first-order chi connectivity index (χ1) is 10.2. The Bertz CT molecular complexity index is 336. The Balaban J connectivity index is 1.51. The molecule has 0 N–H and O–H groups in total. The van der Waals surface area contributed by atoms with E-state index in [1.54, 1.807) is 0 Å². The van der Waals surface area contributed by atoms with Crippen LogP contribution in [0, 0.1) is 23.7 Å². The molecule has 0 spiro atoms. The molecule has 3 aliphatic rings. The van der Waals surface area contributed by atoms with Crippen molar-refractivity contribution in [2.75, 3.05) is 14.1 Å². The zero-order valence-corrected chi connectivity index (χ0v) is 14.3. The zero-order chi connectivity index (χ0) is 14.7. The lowest BCUT2D eigenvalue weighted by atomic mass is 9.65. The molecular weight excluding hydrogens is 254 g/mol. The smallest absolute Gasteiger partial charge is 0.00895 e. The molecule has 120 valence electrons. The summed E-state index contributed by atoms with van der Waals surface area (Å²) in [4.78, 5) is 2.42. The van der Waals surface area contributed by atoms with Crippen LogP contribution in [0.3, 0.4) is 0 Å². The molecular formula is C20H35N. The number of fused-ring (bicyclic) bond motifs is 1. The van der Waals surface area contributed by atoms with E-state index in [0.29, 0.717) is 0 Å². The molecule has 0 heterocycles. The molecule has 0 saturated heterocycles. The topological polar surface area (TPSA) is 3.24 Å². The predicted molar refractivity (Wildman–Crippen MR) is 91.4 cm³/mol. The summed E-state index contributed by atoms with van der Waals surface area (Å²) >= 11 is 0. The second-order valence-electron chi connectivity index (χ2n) is 8.22. The maximum absolute atomic E-state index is 2.67. The lowest BCUT2D eigenvalue weighted by Crippen LogP contribution is -2.32. The fourth-order valence-electron chi connectivity index (χ4n) is 5.34. The zero-order valence-electron chi connectivity index (χ0n) is 14.3. The maximum Gasteiger partial charge on any atom is 0.00895 e. The van der Waals surface area contributed by atoms with Gasteiger partial charge in [0.2, 0.25) is 0 Å². The lowest BCUT2D eigenvalue weighted by molar-refractivity contribution is 0.129. The third-order valence-corrected chi connectivity index (χ3v) is 6.73. The molecule has 3 fully saturated rings. The Labute approximate surface area is 132 Å². The van der Waals surface area contributed by atoms with Gasteiger partial charge in [0.15, 0.2) is 0 Å². The van der Waals surface area contributed by atoms with Crippen LogP contribution in [0.15, 0.2) is 12.2 Å². The summed E-state index contributed by atoms with van der Waals surface area (Å²) < 4.78 is 0. The number of allylic oxidation sites excluding steroid dienone is 2. The highest BCUT2D eigenvalue weighted by Crippen LogP contribution is 2.44. The minimum Gasteiger partial charge on any atom is -0.306 e. The van der Waals surface area contributed by atoms with Crippen LogP contribution in [0.25, 0.3) is 0 Å². The van der Waals surface area contributed by atoms with Crippen molar-refractivity contribution in [3.05, 3.63) is 12.2 Å². The normalized spacial score (nSPS) is 41.4. The maximum atomic E-state index is 2.67. The molecule has 0 bridgehead atoms. The van der Waals surface area contributed by atoms with Crippen molar-refractivity contribution in [2.24, 2.45) is 23.7 Å². The van der Waals surface area contributed by atoms with Gasteiger partial charge < -0.3 is 4.90 Å². The van der Waals surface area contributed by atoms with Crippen molar-refractivity contribution < 1.29 is 0 Å². The highest BCUT2D eigenvalue weighted by atomic mass is 15.1. The molecule has 0 aromatic carbocycles. The Morgan fingerprint density at radius 3 is 2.19 bits per heavy atom. The summed E-state index contributed by atoms with van der Waals surface area (Å²) in [5.41, 5.74) is 0.